The molecule has 2 aromatic rings. The number of carbonyl (C=O) groups excluding carboxylic acids is 1. The summed E-state index contributed by atoms with van der Waals surface area (Å²) >= 11 is 0. The van der Waals surface area contributed by atoms with Crippen molar-refractivity contribution in [2.75, 3.05) is 13.4 Å². The van der Waals surface area contributed by atoms with Gasteiger partial charge in [-0.05, 0) is 31.5 Å². The molecule has 6 nitrogen and oxygen atoms in total. The fourth-order valence-corrected chi connectivity index (χ4v) is 3.45. The van der Waals surface area contributed by atoms with Crippen LogP contribution in [0, 0.1) is 13.8 Å². The number of benzene rings is 1. The van der Waals surface area contributed by atoms with Crippen LogP contribution < -0.4 is 0 Å². The van der Waals surface area contributed by atoms with Crippen LogP contribution in [-0.4, -0.2) is 37.3 Å². The van der Waals surface area contributed by atoms with Crippen LogP contribution in [0.25, 0.3) is 5.69 Å². The van der Waals surface area contributed by atoms with Gasteiger partial charge in [-0.1, -0.05) is 0 Å². The lowest BCUT2D eigenvalue weighted by atomic mass is 10.1. The molecule has 0 aliphatic rings. The minimum Gasteiger partial charge on any atom is -0.465 e. The highest BCUT2D eigenvalue weighted by atomic mass is 32.2. The minimum absolute atomic E-state index is 0.0998. The molecule has 1 aromatic heterocycles. The molecule has 21 heavy (non-hydrogen) atoms. The molecule has 1 heterocycles. The summed E-state index contributed by atoms with van der Waals surface area (Å²) in [6.07, 6.45) is 4.38. The van der Waals surface area contributed by atoms with Gasteiger partial charge in [0, 0.05) is 12.5 Å². The summed E-state index contributed by atoms with van der Waals surface area (Å²) in [6.45, 7) is 3.40. The van der Waals surface area contributed by atoms with Crippen molar-refractivity contribution in [1.29, 1.82) is 0 Å². The largest absolute Gasteiger partial charge is 0.465 e. The van der Waals surface area contributed by atoms with Crippen LogP contribution in [0.3, 0.4) is 0 Å². The van der Waals surface area contributed by atoms with Crippen molar-refractivity contribution in [1.82, 2.24) is 9.55 Å². The minimum atomic E-state index is -3.52. The predicted molar refractivity (Wildman–Crippen MR) is 77.5 cm³/mol. The molecule has 1 aromatic carbocycles. The molecular formula is C14H16N2O4S. The number of nitrogens with zero attached hydrogens (tertiary/aromatic N) is 2. The average Bonchev–Trinajstić information content (AvgIpc) is 2.82. The number of hydrogen-bond donors (Lipinski definition) is 0. The van der Waals surface area contributed by atoms with Crippen molar-refractivity contribution in [2.24, 2.45) is 0 Å². The number of hydrogen-bond acceptors (Lipinski definition) is 5. The number of carbonyl (C=O) groups is 1. The Morgan fingerprint density at radius 3 is 2.43 bits per heavy atom. The van der Waals surface area contributed by atoms with Crippen LogP contribution in [0.4, 0.5) is 0 Å². The van der Waals surface area contributed by atoms with Gasteiger partial charge in [0.15, 0.2) is 9.84 Å². The molecular weight excluding hydrogens is 292 g/mol. The number of esters is 1. The van der Waals surface area contributed by atoms with Crippen LogP contribution in [0.2, 0.25) is 0 Å². The molecule has 0 saturated heterocycles. The van der Waals surface area contributed by atoms with Gasteiger partial charge in [-0.25, -0.2) is 18.2 Å². The number of rotatable bonds is 3. The Kier molecular flexibility index (Phi) is 3.87. The molecule has 0 aliphatic carbocycles. The first-order valence-electron chi connectivity index (χ1n) is 6.18. The molecule has 0 unspecified atom stereocenters. The second-order valence-corrected chi connectivity index (χ2v) is 6.73. The summed E-state index contributed by atoms with van der Waals surface area (Å²) in [5, 5.41) is 0. The van der Waals surface area contributed by atoms with E-state index in [1.54, 1.807) is 29.8 Å². The van der Waals surface area contributed by atoms with E-state index in [-0.39, 0.29) is 10.5 Å². The van der Waals surface area contributed by atoms with Gasteiger partial charge in [0.05, 0.1) is 35.3 Å². The van der Waals surface area contributed by atoms with E-state index in [9.17, 15) is 13.2 Å². The summed E-state index contributed by atoms with van der Waals surface area (Å²) in [5.74, 6) is -0.564. The van der Waals surface area contributed by atoms with Gasteiger partial charge in [0.1, 0.15) is 0 Å². The quantitative estimate of drug-likeness (QED) is 0.806. The van der Waals surface area contributed by atoms with Crippen LogP contribution in [0.5, 0.6) is 0 Å². The highest BCUT2D eigenvalue weighted by molar-refractivity contribution is 7.90. The molecule has 0 aliphatic heterocycles. The molecule has 0 spiro atoms. The van der Waals surface area contributed by atoms with E-state index < -0.39 is 15.8 Å². The van der Waals surface area contributed by atoms with E-state index in [0.29, 0.717) is 11.3 Å². The van der Waals surface area contributed by atoms with Crippen molar-refractivity contribution < 1.29 is 17.9 Å². The van der Waals surface area contributed by atoms with Gasteiger partial charge in [-0.2, -0.15) is 0 Å². The molecule has 0 amide bonds. The van der Waals surface area contributed by atoms with Crippen molar-refractivity contribution in [3.63, 3.8) is 0 Å². The van der Waals surface area contributed by atoms with Crippen LogP contribution in [0.1, 0.15) is 21.6 Å². The van der Waals surface area contributed by atoms with Crippen LogP contribution >= 0.6 is 0 Å². The van der Waals surface area contributed by atoms with Gasteiger partial charge in [-0.15, -0.1) is 0 Å². The summed E-state index contributed by atoms with van der Waals surface area (Å²) in [4.78, 5) is 15.9. The fourth-order valence-electron chi connectivity index (χ4n) is 2.23. The Balaban J connectivity index is 2.79. The third kappa shape index (κ3) is 2.82. The third-order valence-electron chi connectivity index (χ3n) is 3.15. The Labute approximate surface area is 123 Å². The van der Waals surface area contributed by atoms with Crippen molar-refractivity contribution in [3.8, 4) is 5.69 Å². The Morgan fingerprint density at radius 1 is 1.29 bits per heavy atom. The molecule has 2 rings (SSSR count). The maximum Gasteiger partial charge on any atom is 0.338 e. The van der Waals surface area contributed by atoms with E-state index in [4.69, 9.17) is 0 Å². The van der Waals surface area contributed by atoms with Gasteiger partial charge in [0.25, 0.3) is 0 Å². The molecule has 0 fully saturated rings. The zero-order valence-corrected chi connectivity index (χ0v) is 13.1. The van der Waals surface area contributed by atoms with E-state index in [1.807, 2.05) is 6.92 Å². The number of ether oxygens (including phenoxy) is 1. The topological polar surface area (TPSA) is 78.3 Å². The van der Waals surface area contributed by atoms with Crippen molar-refractivity contribution in [3.05, 3.63) is 41.5 Å². The van der Waals surface area contributed by atoms with Crippen LogP contribution in [-0.2, 0) is 14.6 Å². The van der Waals surface area contributed by atoms with Gasteiger partial charge in [0.2, 0.25) is 0 Å². The summed E-state index contributed by atoms with van der Waals surface area (Å²) in [7, 11) is -2.26. The summed E-state index contributed by atoms with van der Waals surface area (Å²) < 4.78 is 30.6. The number of aryl methyl sites for hydroxylation is 1. The zero-order chi connectivity index (χ0) is 15.8. The first-order chi connectivity index (χ1) is 9.75. The highest BCUT2D eigenvalue weighted by Crippen LogP contribution is 2.27. The predicted octanol–water partition coefficient (Wildman–Crippen LogP) is 1.68. The van der Waals surface area contributed by atoms with Gasteiger partial charge in [-0.3, -0.25) is 0 Å². The maximum atomic E-state index is 12.1. The summed E-state index contributed by atoms with van der Waals surface area (Å²) in [6, 6.07) is 3.14. The van der Waals surface area contributed by atoms with Gasteiger partial charge >= 0.3 is 5.97 Å². The molecule has 0 atom stereocenters. The molecule has 0 bridgehead atoms. The molecule has 7 heteroatoms. The van der Waals surface area contributed by atoms with Crippen molar-refractivity contribution >= 4 is 15.8 Å². The van der Waals surface area contributed by atoms with Crippen molar-refractivity contribution in [2.45, 2.75) is 18.7 Å². The smallest absolute Gasteiger partial charge is 0.338 e. The Hall–Kier alpha value is -2.15. The first kappa shape index (κ1) is 15.2. The van der Waals surface area contributed by atoms with Crippen LogP contribution in [0.15, 0.2) is 29.6 Å². The van der Waals surface area contributed by atoms with E-state index in [1.165, 1.54) is 13.4 Å². The molecule has 112 valence electrons. The lowest BCUT2D eigenvalue weighted by Crippen LogP contribution is -2.12. The number of imidazole rings is 1. The SMILES string of the molecule is COC(=O)c1ccc(-n2cnc(C)c2)c(S(C)(=O)=O)c1C. The maximum absolute atomic E-state index is 12.1. The average molecular weight is 308 g/mol. The van der Waals surface area contributed by atoms with Gasteiger partial charge < -0.3 is 9.30 Å². The number of methoxy groups -OCH3 is 1. The summed E-state index contributed by atoms with van der Waals surface area (Å²) in [5.41, 5.74) is 1.83. The lowest BCUT2D eigenvalue weighted by Gasteiger charge is -2.14. The standard InChI is InChI=1S/C14H16N2O4S/c1-9-7-16(8-15-9)12-6-5-11(14(17)20-3)10(2)13(12)21(4,18)19/h5-8H,1-4H3. The highest BCUT2D eigenvalue weighted by Gasteiger charge is 2.23. The number of aromatic nitrogens is 2. The lowest BCUT2D eigenvalue weighted by molar-refractivity contribution is 0.0599. The molecule has 0 saturated carbocycles. The van der Waals surface area contributed by atoms with E-state index in [2.05, 4.69) is 9.72 Å². The van der Waals surface area contributed by atoms with E-state index >= 15 is 0 Å². The fraction of sp³-hybridized carbons (Fsp3) is 0.286. The Bertz CT molecular complexity index is 806. The second kappa shape index (κ2) is 5.33. The van der Waals surface area contributed by atoms with E-state index in [0.717, 1.165) is 11.9 Å². The third-order valence-corrected chi connectivity index (χ3v) is 4.41. The normalized spacial score (nSPS) is 11.4. The molecule has 0 radical (unpaired) electrons. The second-order valence-electron chi connectivity index (χ2n) is 4.77. The zero-order valence-electron chi connectivity index (χ0n) is 12.2. The molecule has 0 N–H and O–H groups in total. The number of sulfone groups is 1. The Morgan fingerprint density at radius 2 is 1.95 bits per heavy atom. The first-order valence-corrected chi connectivity index (χ1v) is 8.07. The monoisotopic (exact) mass is 308 g/mol.